The fraction of sp³-hybridized carbons (Fsp3) is 0.625. The number of halogens is 1. The quantitative estimate of drug-likeness (QED) is 0.821. The standard InChI is InChI=1S/C16H25ClN2/c1-12-10-14(12)11-19(3)9-8-16(18-2)13-4-6-15(17)7-5-13/h4-7,12,14,16,18H,8-11H2,1-3H3. The Kier molecular flexibility index (Phi) is 5.26. The lowest BCUT2D eigenvalue weighted by molar-refractivity contribution is 0.295. The van der Waals surface area contributed by atoms with Crippen molar-refractivity contribution in [1.29, 1.82) is 0 Å². The molecule has 3 unspecified atom stereocenters. The van der Waals surface area contributed by atoms with E-state index in [1.165, 1.54) is 18.5 Å². The highest BCUT2D eigenvalue weighted by Gasteiger charge is 2.32. The van der Waals surface area contributed by atoms with Crippen molar-refractivity contribution in [2.24, 2.45) is 11.8 Å². The lowest BCUT2D eigenvalue weighted by Crippen LogP contribution is -2.27. The second-order valence-electron chi connectivity index (χ2n) is 5.92. The van der Waals surface area contributed by atoms with Crippen molar-refractivity contribution in [3.05, 3.63) is 34.9 Å². The molecule has 1 aromatic rings. The minimum Gasteiger partial charge on any atom is -0.313 e. The van der Waals surface area contributed by atoms with Crippen LogP contribution in [0.1, 0.15) is 31.4 Å². The van der Waals surface area contributed by atoms with Crippen LogP contribution in [0.25, 0.3) is 0 Å². The van der Waals surface area contributed by atoms with Crippen molar-refractivity contribution in [3.63, 3.8) is 0 Å². The van der Waals surface area contributed by atoms with Gasteiger partial charge in [0.2, 0.25) is 0 Å². The molecule has 2 nitrogen and oxygen atoms in total. The number of benzene rings is 1. The van der Waals surface area contributed by atoms with Gasteiger partial charge in [-0.15, -0.1) is 0 Å². The molecule has 0 saturated heterocycles. The molecule has 0 amide bonds. The van der Waals surface area contributed by atoms with E-state index in [4.69, 9.17) is 11.6 Å². The number of hydrogen-bond donors (Lipinski definition) is 1. The highest BCUT2D eigenvalue weighted by Crippen LogP contribution is 2.38. The van der Waals surface area contributed by atoms with Gasteiger partial charge in [0.25, 0.3) is 0 Å². The van der Waals surface area contributed by atoms with Crippen molar-refractivity contribution in [2.75, 3.05) is 27.2 Å². The van der Waals surface area contributed by atoms with E-state index in [0.29, 0.717) is 6.04 Å². The summed E-state index contributed by atoms with van der Waals surface area (Å²) >= 11 is 5.94. The summed E-state index contributed by atoms with van der Waals surface area (Å²) in [5.74, 6) is 1.88. The molecule has 1 N–H and O–H groups in total. The molecule has 106 valence electrons. The average molecular weight is 281 g/mol. The van der Waals surface area contributed by atoms with Crippen molar-refractivity contribution in [3.8, 4) is 0 Å². The highest BCUT2D eigenvalue weighted by atomic mass is 35.5. The Bertz CT molecular complexity index is 390. The van der Waals surface area contributed by atoms with Gasteiger partial charge in [0.05, 0.1) is 0 Å². The van der Waals surface area contributed by atoms with Gasteiger partial charge < -0.3 is 10.2 Å². The third-order valence-corrected chi connectivity index (χ3v) is 4.49. The largest absolute Gasteiger partial charge is 0.313 e. The van der Waals surface area contributed by atoms with Crippen LogP contribution in [0, 0.1) is 11.8 Å². The normalized spacial score (nSPS) is 23.6. The molecule has 3 heteroatoms. The van der Waals surface area contributed by atoms with Gasteiger partial charge in [-0.2, -0.15) is 0 Å². The smallest absolute Gasteiger partial charge is 0.0406 e. The molecule has 2 rings (SSSR count). The molecular weight excluding hydrogens is 256 g/mol. The van der Waals surface area contributed by atoms with Gasteiger partial charge >= 0.3 is 0 Å². The Balaban J connectivity index is 1.80. The minimum absolute atomic E-state index is 0.413. The van der Waals surface area contributed by atoms with Crippen molar-refractivity contribution >= 4 is 11.6 Å². The Morgan fingerprint density at radius 2 is 2.00 bits per heavy atom. The first-order chi connectivity index (χ1) is 9.10. The molecule has 1 aliphatic rings. The maximum atomic E-state index is 5.94. The van der Waals surface area contributed by atoms with E-state index in [2.05, 4.69) is 36.3 Å². The molecule has 1 aliphatic carbocycles. The average Bonchev–Trinajstić information content (AvgIpc) is 3.07. The third kappa shape index (κ3) is 4.48. The van der Waals surface area contributed by atoms with Gasteiger partial charge in [0, 0.05) is 17.6 Å². The zero-order valence-corrected chi connectivity index (χ0v) is 13.0. The maximum Gasteiger partial charge on any atom is 0.0406 e. The van der Waals surface area contributed by atoms with Crippen LogP contribution in [0.2, 0.25) is 5.02 Å². The summed E-state index contributed by atoms with van der Waals surface area (Å²) in [5, 5.41) is 4.21. The van der Waals surface area contributed by atoms with Crippen molar-refractivity contribution in [2.45, 2.75) is 25.8 Å². The molecule has 19 heavy (non-hydrogen) atoms. The topological polar surface area (TPSA) is 15.3 Å². The summed E-state index contributed by atoms with van der Waals surface area (Å²) in [6.45, 7) is 4.73. The number of rotatable bonds is 7. The molecule has 0 spiro atoms. The summed E-state index contributed by atoms with van der Waals surface area (Å²) in [7, 11) is 4.27. The molecule has 0 aliphatic heterocycles. The minimum atomic E-state index is 0.413. The van der Waals surface area contributed by atoms with Crippen LogP contribution in [0.5, 0.6) is 0 Å². The van der Waals surface area contributed by atoms with Crippen LogP contribution in [0.3, 0.4) is 0 Å². The Labute approximate surface area is 122 Å². The van der Waals surface area contributed by atoms with E-state index in [-0.39, 0.29) is 0 Å². The van der Waals surface area contributed by atoms with E-state index in [9.17, 15) is 0 Å². The molecule has 1 saturated carbocycles. The Morgan fingerprint density at radius 1 is 1.37 bits per heavy atom. The summed E-state index contributed by atoms with van der Waals surface area (Å²) in [6, 6.07) is 8.59. The van der Waals surface area contributed by atoms with E-state index >= 15 is 0 Å². The Morgan fingerprint density at radius 3 is 2.53 bits per heavy atom. The van der Waals surface area contributed by atoms with Gasteiger partial charge in [0.15, 0.2) is 0 Å². The van der Waals surface area contributed by atoms with Gasteiger partial charge in [-0.1, -0.05) is 30.7 Å². The molecular formula is C16H25ClN2. The first-order valence-corrected chi connectivity index (χ1v) is 7.59. The van der Waals surface area contributed by atoms with Gasteiger partial charge in [-0.3, -0.25) is 0 Å². The summed E-state index contributed by atoms with van der Waals surface area (Å²) in [5.41, 5.74) is 1.32. The molecule has 0 radical (unpaired) electrons. The maximum absolute atomic E-state index is 5.94. The summed E-state index contributed by atoms with van der Waals surface area (Å²) in [4.78, 5) is 2.47. The van der Waals surface area contributed by atoms with Crippen LogP contribution in [-0.4, -0.2) is 32.1 Å². The highest BCUT2D eigenvalue weighted by molar-refractivity contribution is 6.30. The van der Waals surface area contributed by atoms with E-state index in [0.717, 1.165) is 29.8 Å². The molecule has 0 aromatic heterocycles. The lowest BCUT2D eigenvalue weighted by Gasteiger charge is -2.22. The summed E-state index contributed by atoms with van der Waals surface area (Å²) in [6.07, 6.45) is 2.55. The predicted molar refractivity (Wildman–Crippen MR) is 82.6 cm³/mol. The third-order valence-electron chi connectivity index (χ3n) is 4.24. The molecule has 1 aromatic carbocycles. The van der Waals surface area contributed by atoms with Crippen molar-refractivity contribution in [1.82, 2.24) is 10.2 Å². The first kappa shape index (κ1) is 14.8. The van der Waals surface area contributed by atoms with Gasteiger partial charge in [0.1, 0.15) is 0 Å². The fourth-order valence-electron chi connectivity index (χ4n) is 2.67. The van der Waals surface area contributed by atoms with Crippen LogP contribution < -0.4 is 5.32 Å². The van der Waals surface area contributed by atoms with Gasteiger partial charge in [-0.05, 0) is 63.0 Å². The second-order valence-corrected chi connectivity index (χ2v) is 6.35. The monoisotopic (exact) mass is 280 g/mol. The fourth-order valence-corrected chi connectivity index (χ4v) is 2.79. The second kappa shape index (κ2) is 6.74. The zero-order valence-electron chi connectivity index (χ0n) is 12.2. The van der Waals surface area contributed by atoms with Crippen molar-refractivity contribution < 1.29 is 0 Å². The van der Waals surface area contributed by atoms with Crippen LogP contribution in [-0.2, 0) is 0 Å². The van der Waals surface area contributed by atoms with E-state index in [1.807, 2.05) is 19.2 Å². The number of nitrogens with one attached hydrogen (secondary N) is 1. The molecule has 0 bridgehead atoms. The van der Waals surface area contributed by atoms with Gasteiger partial charge in [-0.25, -0.2) is 0 Å². The molecule has 3 atom stereocenters. The van der Waals surface area contributed by atoms with Crippen LogP contribution in [0.15, 0.2) is 24.3 Å². The van der Waals surface area contributed by atoms with Crippen LogP contribution >= 0.6 is 11.6 Å². The SMILES string of the molecule is CNC(CCN(C)CC1CC1C)c1ccc(Cl)cc1. The zero-order chi connectivity index (χ0) is 13.8. The first-order valence-electron chi connectivity index (χ1n) is 7.21. The molecule has 0 heterocycles. The van der Waals surface area contributed by atoms with Crippen LogP contribution in [0.4, 0.5) is 0 Å². The Hall–Kier alpha value is -0.570. The lowest BCUT2D eigenvalue weighted by atomic mass is 10.0. The predicted octanol–water partition coefficient (Wildman–Crippen LogP) is 3.58. The summed E-state index contributed by atoms with van der Waals surface area (Å²) < 4.78 is 0. The van der Waals surface area contributed by atoms with E-state index in [1.54, 1.807) is 0 Å². The van der Waals surface area contributed by atoms with E-state index < -0.39 is 0 Å². The number of hydrogen-bond acceptors (Lipinski definition) is 2. The number of nitrogens with zero attached hydrogens (tertiary/aromatic N) is 1. The molecule has 1 fully saturated rings.